The smallest absolute Gasteiger partial charge is 0.158 e. The average Bonchev–Trinajstić information content (AvgIpc) is 3.10. The van der Waals surface area contributed by atoms with E-state index in [-0.39, 0.29) is 0 Å². The van der Waals surface area contributed by atoms with Crippen LogP contribution in [0, 0.1) is 0 Å². The fourth-order valence-electron chi connectivity index (χ4n) is 3.23. The zero-order valence-corrected chi connectivity index (χ0v) is 14.4. The van der Waals surface area contributed by atoms with Gasteiger partial charge in [0.15, 0.2) is 11.6 Å². The van der Waals surface area contributed by atoms with Gasteiger partial charge in [0.25, 0.3) is 0 Å². The summed E-state index contributed by atoms with van der Waals surface area (Å²) in [6, 6.07) is 10.1. The van der Waals surface area contributed by atoms with Crippen molar-refractivity contribution in [1.82, 2.24) is 19.7 Å². The summed E-state index contributed by atoms with van der Waals surface area (Å²) in [5.41, 5.74) is 1.87. The van der Waals surface area contributed by atoms with Crippen LogP contribution < -0.4 is 0 Å². The van der Waals surface area contributed by atoms with Crippen molar-refractivity contribution in [3.8, 4) is 5.69 Å². The fourth-order valence-corrected chi connectivity index (χ4v) is 3.23. The van der Waals surface area contributed by atoms with Gasteiger partial charge in [0.1, 0.15) is 6.61 Å². The fraction of sp³-hybridized carbons (Fsp3) is 0.421. The SMILES string of the molecule is CCOCc1nc(C2CCOCC2)nn1-c1cccc2cccnc12. The van der Waals surface area contributed by atoms with Gasteiger partial charge in [-0.3, -0.25) is 4.98 Å². The van der Waals surface area contributed by atoms with E-state index < -0.39 is 0 Å². The molecule has 0 aliphatic carbocycles. The van der Waals surface area contributed by atoms with Crippen LogP contribution in [0.15, 0.2) is 36.5 Å². The van der Waals surface area contributed by atoms with E-state index in [1.807, 2.05) is 36.0 Å². The molecule has 3 aromatic rings. The van der Waals surface area contributed by atoms with Gasteiger partial charge in [-0.05, 0) is 31.9 Å². The van der Waals surface area contributed by atoms with Crippen LogP contribution in [-0.2, 0) is 16.1 Å². The van der Waals surface area contributed by atoms with E-state index in [9.17, 15) is 0 Å². The van der Waals surface area contributed by atoms with Gasteiger partial charge in [-0.15, -0.1) is 0 Å². The number of aromatic nitrogens is 4. The number of rotatable bonds is 5. The maximum absolute atomic E-state index is 5.63. The average molecular weight is 338 g/mol. The number of hydrogen-bond acceptors (Lipinski definition) is 5. The molecule has 0 N–H and O–H groups in total. The van der Waals surface area contributed by atoms with Crippen molar-refractivity contribution in [2.24, 2.45) is 0 Å². The Kier molecular flexibility index (Phi) is 4.72. The summed E-state index contributed by atoms with van der Waals surface area (Å²) in [6.45, 7) is 4.62. The van der Waals surface area contributed by atoms with E-state index in [0.717, 1.165) is 54.3 Å². The summed E-state index contributed by atoms with van der Waals surface area (Å²) in [6.07, 6.45) is 3.74. The topological polar surface area (TPSA) is 62.1 Å². The molecule has 2 aromatic heterocycles. The molecule has 0 radical (unpaired) electrons. The van der Waals surface area contributed by atoms with Gasteiger partial charge in [0.2, 0.25) is 0 Å². The van der Waals surface area contributed by atoms with Crippen molar-refractivity contribution >= 4 is 10.9 Å². The number of ether oxygens (including phenoxy) is 2. The minimum Gasteiger partial charge on any atom is -0.381 e. The highest BCUT2D eigenvalue weighted by Gasteiger charge is 2.23. The maximum Gasteiger partial charge on any atom is 0.158 e. The zero-order chi connectivity index (χ0) is 17.1. The molecule has 1 aliphatic heterocycles. The third-order valence-electron chi connectivity index (χ3n) is 4.55. The molecular formula is C19H22N4O2. The predicted octanol–water partition coefficient (Wildman–Crippen LogP) is 3.25. The van der Waals surface area contributed by atoms with E-state index in [1.54, 1.807) is 0 Å². The van der Waals surface area contributed by atoms with Crippen molar-refractivity contribution in [3.05, 3.63) is 48.2 Å². The van der Waals surface area contributed by atoms with Gasteiger partial charge >= 0.3 is 0 Å². The molecule has 1 aliphatic rings. The Morgan fingerprint density at radius 1 is 1.20 bits per heavy atom. The first-order chi connectivity index (χ1) is 12.4. The van der Waals surface area contributed by atoms with Crippen LogP contribution in [0.1, 0.15) is 37.3 Å². The Morgan fingerprint density at radius 2 is 2.04 bits per heavy atom. The molecule has 25 heavy (non-hydrogen) atoms. The third kappa shape index (κ3) is 3.27. The van der Waals surface area contributed by atoms with E-state index in [4.69, 9.17) is 19.6 Å². The van der Waals surface area contributed by atoms with Gasteiger partial charge in [-0.25, -0.2) is 9.67 Å². The van der Waals surface area contributed by atoms with Gasteiger partial charge in [-0.2, -0.15) is 5.10 Å². The van der Waals surface area contributed by atoms with E-state index in [1.165, 1.54) is 0 Å². The summed E-state index contributed by atoms with van der Waals surface area (Å²) < 4.78 is 13.0. The van der Waals surface area contributed by atoms with Crippen LogP contribution in [0.4, 0.5) is 0 Å². The number of benzene rings is 1. The second kappa shape index (κ2) is 7.29. The lowest BCUT2D eigenvalue weighted by molar-refractivity contribution is 0.0835. The van der Waals surface area contributed by atoms with Gasteiger partial charge in [0.05, 0.1) is 11.2 Å². The Morgan fingerprint density at radius 3 is 2.88 bits per heavy atom. The standard InChI is InChI=1S/C19H22N4O2/c1-2-24-13-17-21-19(15-8-11-25-12-9-15)22-23(17)16-7-3-5-14-6-4-10-20-18(14)16/h3-7,10,15H,2,8-9,11-13H2,1H3. The third-order valence-corrected chi connectivity index (χ3v) is 4.55. The zero-order valence-electron chi connectivity index (χ0n) is 14.4. The van der Waals surface area contributed by atoms with Gasteiger partial charge in [0, 0.05) is 37.3 Å². The minimum atomic E-state index is 0.346. The first-order valence-electron chi connectivity index (χ1n) is 8.82. The molecule has 1 fully saturated rings. The second-order valence-electron chi connectivity index (χ2n) is 6.17. The molecule has 4 rings (SSSR count). The number of pyridine rings is 1. The molecule has 6 heteroatoms. The first-order valence-corrected chi connectivity index (χ1v) is 8.82. The highest BCUT2D eigenvalue weighted by atomic mass is 16.5. The number of para-hydroxylation sites is 1. The Bertz CT molecular complexity index is 850. The lowest BCUT2D eigenvalue weighted by Gasteiger charge is -2.18. The molecule has 1 aromatic carbocycles. The van der Waals surface area contributed by atoms with Crippen molar-refractivity contribution in [1.29, 1.82) is 0 Å². The van der Waals surface area contributed by atoms with Crippen LogP contribution in [0.3, 0.4) is 0 Å². The molecule has 0 unspecified atom stereocenters. The molecule has 0 bridgehead atoms. The Hall–Kier alpha value is -2.31. The van der Waals surface area contributed by atoms with Crippen LogP contribution in [0.2, 0.25) is 0 Å². The molecule has 130 valence electrons. The molecule has 0 atom stereocenters. The summed E-state index contributed by atoms with van der Waals surface area (Å²) in [7, 11) is 0. The highest BCUT2D eigenvalue weighted by molar-refractivity contribution is 5.86. The predicted molar refractivity (Wildman–Crippen MR) is 94.8 cm³/mol. The van der Waals surface area contributed by atoms with Crippen molar-refractivity contribution in [2.45, 2.75) is 32.3 Å². The molecule has 3 heterocycles. The van der Waals surface area contributed by atoms with Crippen molar-refractivity contribution in [3.63, 3.8) is 0 Å². The Labute approximate surface area is 146 Å². The van der Waals surface area contributed by atoms with Gasteiger partial charge in [-0.1, -0.05) is 18.2 Å². The van der Waals surface area contributed by atoms with Crippen molar-refractivity contribution < 1.29 is 9.47 Å². The maximum atomic E-state index is 5.63. The quantitative estimate of drug-likeness (QED) is 0.715. The monoisotopic (exact) mass is 338 g/mol. The lowest BCUT2D eigenvalue weighted by atomic mass is 10.00. The second-order valence-corrected chi connectivity index (χ2v) is 6.17. The van der Waals surface area contributed by atoms with Crippen LogP contribution in [0.5, 0.6) is 0 Å². The molecule has 1 saturated heterocycles. The highest BCUT2D eigenvalue weighted by Crippen LogP contribution is 2.27. The normalized spacial score (nSPS) is 15.7. The van der Waals surface area contributed by atoms with E-state index in [0.29, 0.717) is 19.1 Å². The number of nitrogens with zero attached hydrogens (tertiary/aromatic N) is 4. The number of hydrogen-bond donors (Lipinski definition) is 0. The summed E-state index contributed by atoms with van der Waals surface area (Å²) in [5, 5.41) is 5.93. The summed E-state index contributed by atoms with van der Waals surface area (Å²) >= 11 is 0. The largest absolute Gasteiger partial charge is 0.381 e. The molecule has 6 nitrogen and oxygen atoms in total. The lowest BCUT2D eigenvalue weighted by Crippen LogP contribution is -2.15. The van der Waals surface area contributed by atoms with Crippen molar-refractivity contribution in [2.75, 3.05) is 19.8 Å². The molecular weight excluding hydrogens is 316 g/mol. The van der Waals surface area contributed by atoms with Crippen LogP contribution in [-0.4, -0.2) is 39.6 Å². The number of fused-ring (bicyclic) bond motifs is 1. The summed E-state index contributed by atoms with van der Waals surface area (Å²) in [5.74, 6) is 2.05. The molecule has 0 amide bonds. The van der Waals surface area contributed by atoms with Gasteiger partial charge < -0.3 is 9.47 Å². The molecule has 0 spiro atoms. The summed E-state index contributed by atoms with van der Waals surface area (Å²) in [4.78, 5) is 9.35. The van der Waals surface area contributed by atoms with E-state index >= 15 is 0 Å². The molecule has 0 saturated carbocycles. The first kappa shape index (κ1) is 16.2. The van der Waals surface area contributed by atoms with E-state index in [2.05, 4.69) is 17.1 Å². The van der Waals surface area contributed by atoms with Crippen LogP contribution in [0.25, 0.3) is 16.6 Å². The minimum absolute atomic E-state index is 0.346. The Balaban J connectivity index is 1.79. The van der Waals surface area contributed by atoms with Crippen LogP contribution >= 0.6 is 0 Å².